The molecule has 2 rings (SSSR count). The molecular weight excluding hydrogens is 238 g/mol. The highest BCUT2D eigenvalue weighted by Gasteiger charge is 2.04. The van der Waals surface area contributed by atoms with Gasteiger partial charge in [-0.3, -0.25) is 9.78 Å². The van der Waals surface area contributed by atoms with Crippen molar-refractivity contribution in [3.8, 4) is 17.0 Å². The van der Waals surface area contributed by atoms with Crippen LogP contribution in [0.15, 0.2) is 36.4 Å². The Morgan fingerprint density at radius 1 is 1.26 bits per heavy atom. The van der Waals surface area contributed by atoms with Gasteiger partial charge in [0.25, 0.3) is 0 Å². The lowest BCUT2D eigenvalue weighted by Crippen LogP contribution is -1.96. The van der Waals surface area contributed by atoms with E-state index in [-0.39, 0.29) is 0 Å². The summed E-state index contributed by atoms with van der Waals surface area (Å²) in [4.78, 5) is 15.2. The minimum atomic E-state index is 0.627. The molecule has 98 valence electrons. The van der Waals surface area contributed by atoms with Crippen molar-refractivity contribution in [1.82, 2.24) is 4.98 Å². The Kier molecular flexibility index (Phi) is 4.29. The summed E-state index contributed by atoms with van der Waals surface area (Å²) in [6, 6.07) is 11.5. The maximum Gasteiger partial charge on any atom is 0.151 e. The van der Waals surface area contributed by atoms with Gasteiger partial charge in [-0.05, 0) is 37.6 Å². The van der Waals surface area contributed by atoms with Gasteiger partial charge in [0.2, 0.25) is 0 Å². The zero-order valence-corrected chi connectivity index (χ0v) is 11.2. The molecule has 3 heteroatoms. The normalized spacial score (nSPS) is 10.2. The summed E-state index contributed by atoms with van der Waals surface area (Å²) in [7, 11) is 0. The van der Waals surface area contributed by atoms with Crippen molar-refractivity contribution in [2.24, 2.45) is 0 Å². The molecule has 0 aliphatic rings. The van der Waals surface area contributed by atoms with E-state index in [4.69, 9.17) is 4.74 Å². The van der Waals surface area contributed by atoms with Crippen LogP contribution < -0.4 is 4.74 Å². The third-order valence-electron chi connectivity index (χ3n) is 2.86. The van der Waals surface area contributed by atoms with Crippen molar-refractivity contribution < 1.29 is 9.53 Å². The van der Waals surface area contributed by atoms with Crippen molar-refractivity contribution in [1.29, 1.82) is 0 Å². The van der Waals surface area contributed by atoms with E-state index in [1.54, 1.807) is 6.07 Å². The lowest BCUT2D eigenvalue weighted by molar-refractivity contribution is 0.112. The Labute approximate surface area is 113 Å². The first-order chi connectivity index (χ1) is 9.24. The molecule has 0 atom stereocenters. The molecule has 3 nitrogen and oxygen atoms in total. The molecule has 0 saturated carbocycles. The molecule has 0 saturated heterocycles. The van der Waals surface area contributed by atoms with Crippen LogP contribution in [0.1, 0.15) is 29.4 Å². The summed E-state index contributed by atoms with van der Waals surface area (Å²) < 4.78 is 5.61. The Balaban J connectivity index is 2.30. The second-order valence-corrected chi connectivity index (χ2v) is 4.37. The van der Waals surface area contributed by atoms with Crippen LogP contribution in [0.25, 0.3) is 11.3 Å². The van der Waals surface area contributed by atoms with Gasteiger partial charge < -0.3 is 4.74 Å². The fourth-order valence-corrected chi connectivity index (χ4v) is 1.82. The first kappa shape index (κ1) is 13.3. The van der Waals surface area contributed by atoms with E-state index in [9.17, 15) is 4.79 Å². The Bertz CT molecular complexity index is 579. The number of aldehydes is 1. The van der Waals surface area contributed by atoms with Crippen LogP contribution >= 0.6 is 0 Å². The summed E-state index contributed by atoms with van der Waals surface area (Å²) in [6.07, 6.45) is 1.81. The number of carbonyl (C=O) groups excluding carboxylic acids is 1. The zero-order chi connectivity index (χ0) is 13.7. The van der Waals surface area contributed by atoms with Crippen LogP contribution in [0, 0.1) is 6.92 Å². The average molecular weight is 255 g/mol. The van der Waals surface area contributed by atoms with Crippen molar-refractivity contribution in [3.63, 3.8) is 0 Å². The largest absolute Gasteiger partial charge is 0.494 e. The maximum atomic E-state index is 10.8. The molecular formula is C16H17NO2. The number of pyridine rings is 1. The van der Waals surface area contributed by atoms with Crippen LogP contribution in [0.5, 0.6) is 5.75 Å². The lowest BCUT2D eigenvalue weighted by Gasteiger charge is -2.08. The van der Waals surface area contributed by atoms with Crippen molar-refractivity contribution in [2.45, 2.75) is 20.3 Å². The molecule has 0 radical (unpaired) electrons. The molecule has 0 spiro atoms. The molecule has 0 N–H and O–H groups in total. The lowest BCUT2D eigenvalue weighted by atomic mass is 10.1. The van der Waals surface area contributed by atoms with Crippen molar-refractivity contribution in [2.75, 3.05) is 6.61 Å². The van der Waals surface area contributed by atoms with Crippen LogP contribution in [-0.2, 0) is 0 Å². The monoisotopic (exact) mass is 255 g/mol. The predicted molar refractivity (Wildman–Crippen MR) is 75.6 cm³/mol. The number of hydrogen-bond acceptors (Lipinski definition) is 3. The van der Waals surface area contributed by atoms with Crippen molar-refractivity contribution in [3.05, 3.63) is 47.7 Å². The molecule has 1 aromatic heterocycles. The van der Waals surface area contributed by atoms with Gasteiger partial charge in [-0.1, -0.05) is 19.1 Å². The number of carbonyl (C=O) groups is 1. The third kappa shape index (κ3) is 3.19. The summed E-state index contributed by atoms with van der Waals surface area (Å²) in [6.45, 7) is 4.62. The molecule has 2 aromatic rings. The molecule has 0 fully saturated rings. The van der Waals surface area contributed by atoms with Gasteiger partial charge in [-0.15, -0.1) is 0 Å². The van der Waals surface area contributed by atoms with Crippen LogP contribution in [-0.4, -0.2) is 17.9 Å². The number of aromatic nitrogens is 1. The summed E-state index contributed by atoms with van der Waals surface area (Å²) in [5.41, 5.74) is 3.22. The Hall–Kier alpha value is -2.16. The second kappa shape index (κ2) is 6.14. The number of ether oxygens (including phenoxy) is 1. The van der Waals surface area contributed by atoms with E-state index in [1.165, 1.54) is 0 Å². The SMILES string of the molecule is CCCOc1cccc(-c2ccc(C=O)c(C)n2)c1. The molecule has 0 bridgehead atoms. The number of nitrogens with zero attached hydrogens (tertiary/aromatic N) is 1. The van der Waals surface area contributed by atoms with Gasteiger partial charge in [-0.2, -0.15) is 0 Å². The summed E-state index contributed by atoms with van der Waals surface area (Å²) >= 11 is 0. The maximum absolute atomic E-state index is 10.8. The topological polar surface area (TPSA) is 39.2 Å². The number of hydrogen-bond donors (Lipinski definition) is 0. The first-order valence-corrected chi connectivity index (χ1v) is 6.40. The third-order valence-corrected chi connectivity index (χ3v) is 2.86. The molecule has 0 aliphatic carbocycles. The summed E-state index contributed by atoms with van der Waals surface area (Å²) in [5, 5.41) is 0. The highest BCUT2D eigenvalue weighted by atomic mass is 16.5. The van der Waals surface area contributed by atoms with Crippen LogP contribution in [0.2, 0.25) is 0 Å². The van der Waals surface area contributed by atoms with Crippen LogP contribution in [0.3, 0.4) is 0 Å². The standard InChI is InChI=1S/C16H17NO2/c1-3-9-19-15-6-4-5-13(10-15)16-8-7-14(11-18)12(2)17-16/h4-8,10-11H,3,9H2,1-2H3. The minimum Gasteiger partial charge on any atom is -0.494 e. The molecule has 0 unspecified atom stereocenters. The van der Waals surface area contributed by atoms with Gasteiger partial charge in [-0.25, -0.2) is 0 Å². The molecule has 0 amide bonds. The minimum absolute atomic E-state index is 0.627. The van der Waals surface area contributed by atoms with E-state index in [1.807, 2.05) is 37.3 Å². The number of benzene rings is 1. The van der Waals surface area contributed by atoms with E-state index in [0.29, 0.717) is 12.2 Å². The van der Waals surface area contributed by atoms with E-state index < -0.39 is 0 Å². The zero-order valence-electron chi connectivity index (χ0n) is 11.2. The van der Waals surface area contributed by atoms with Gasteiger partial charge in [0.15, 0.2) is 6.29 Å². The van der Waals surface area contributed by atoms with E-state index in [0.717, 1.165) is 35.4 Å². The molecule has 1 aromatic carbocycles. The highest BCUT2D eigenvalue weighted by Crippen LogP contribution is 2.23. The Morgan fingerprint density at radius 3 is 2.79 bits per heavy atom. The van der Waals surface area contributed by atoms with E-state index in [2.05, 4.69) is 11.9 Å². The molecule has 19 heavy (non-hydrogen) atoms. The molecule has 1 heterocycles. The summed E-state index contributed by atoms with van der Waals surface area (Å²) in [5.74, 6) is 0.846. The quantitative estimate of drug-likeness (QED) is 0.765. The second-order valence-electron chi connectivity index (χ2n) is 4.37. The smallest absolute Gasteiger partial charge is 0.151 e. The van der Waals surface area contributed by atoms with Crippen LogP contribution in [0.4, 0.5) is 0 Å². The van der Waals surface area contributed by atoms with Gasteiger partial charge in [0, 0.05) is 16.8 Å². The fourth-order valence-electron chi connectivity index (χ4n) is 1.82. The average Bonchev–Trinajstić information content (AvgIpc) is 2.45. The van der Waals surface area contributed by atoms with Gasteiger partial charge >= 0.3 is 0 Å². The molecule has 0 aliphatic heterocycles. The van der Waals surface area contributed by atoms with Gasteiger partial charge in [0.05, 0.1) is 12.3 Å². The fraction of sp³-hybridized carbons (Fsp3) is 0.250. The van der Waals surface area contributed by atoms with Gasteiger partial charge in [0.1, 0.15) is 5.75 Å². The van der Waals surface area contributed by atoms with Crippen molar-refractivity contribution >= 4 is 6.29 Å². The van der Waals surface area contributed by atoms with E-state index >= 15 is 0 Å². The predicted octanol–water partition coefficient (Wildman–Crippen LogP) is 3.66. The first-order valence-electron chi connectivity index (χ1n) is 6.40. The Morgan fingerprint density at radius 2 is 2.11 bits per heavy atom. The number of aryl methyl sites for hydroxylation is 1. The highest BCUT2D eigenvalue weighted by molar-refractivity contribution is 5.77. The number of rotatable bonds is 5.